The number of nitrogens with one attached hydrogen (secondary N) is 1. The fourth-order valence-corrected chi connectivity index (χ4v) is 4.13. The molecule has 1 atom stereocenters. The van der Waals surface area contributed by atoms with Crippen LogP contribution >= 0.6 is 23.4 Å². The Morgan fingerprint density at radius 1 is 1.29 bits per heavy atom. The molecule has 3 rings (SSSR count). The highest BCUT2D eigenvalue weighted by Crippen LogP contribution is 2.31. The number of anilines is 1. The van der Waals surface area contributed by atoms with E-state index in [-0.39, 0.29) is 11.9 Å². The summed E-state index contributed by atoms with van der Waals surface area (Å²) in [6.07, 6.45) is 0. The van der Waals surface area contributed by atoms with Crippen LogP contribution in [-0.2, 0) is 14.3 Å². The molecule has 1 aromatic carbocycles. The molecule has 2 heterocycles. The highest BCUT2D eigenvalue weighted by molar-refractivity contribution is 7.99. The molecule has 0 bridgehead atoms. The van der Waals surface area contributed by atoms with E-state index >= 15 is 0 Å². The first kappa shape index (κ1) is 23.4. The van der Waals surface area contributed by atoms with Gasteiger partial charge in [-0.15, -0.1) is 0 Å². The number of aromatic nitrogens is 3. The van der Waals surface area contributed by atoms with Crippen molar-refractivity contribution in [3.05, 3.63) is 35.4 Å². The summed E-state index contributed by atoms with van der Waals surface area (Å²) in [5.41, 5.74) is 4.05. The maximum Gasteiger partial charge on any atom is 0.309 e. The largest absolute Gasteiger partial charge is 0.469 e. The molecule has 7 nitrogen and oxygen atoms in total. The number of imidazole rings is 1. The van der Waals surface area contributed by atoms with Gasteiger partial charge in [-0.25, -0.2) is 9.97 Å². The van der Waals surface area contributed by atoms with Gasteiger partial charge >= 0.3 is 5.97 Å². The number of hydrogen-bond donors (Lipinski definition) is 1. The van der Waals surface area contributed by atoms with Crippen molar-refractivity contribution < 1.29 is 14.3 Å². The number of hydrogen-bond acceptors (Lipinski definition) is 7. The summed E-state index contributed by atoms with van der Waals surface area (Å²) in [6.45, 7) is 6.05. The molecule has 31 heavy (non-hydrogen) atoms. The fourth-order valence-electron chi connectivity index (χ4n) is 2.99. The second kappa shape index (κ2) is 10.8. The van der Waals surface area contributed by atoms with Crippen LogP contribution < -0.4 is 4.90 Å². The van der Waals surface area contributed by atoms with Gasteiger partial charge in [0.1, 0.15) is 0 Å². The Bertz CT molecular complexity index is 1030. The van der Waals surface area contributed by atoms with E-state index in [1.165, 1.54) is 18.9 Å². The maximum atomic E-state index is 11.6. The first-order valence-corrected chi connectivity index (χ1v) is 11.5. The van der Waals surface area contributed by atoms with Crippen LogP contribution in [0.5, 0.6) is 0 Å². The lowest BCUT2D eigenvalue weighted by atomic mass is 10.1. The lowest BCUT2D eigenvalue weighted by Gasteiger charge is -2.19. The average Bonchev–Trinajstić information content (AvgIpc) is 3.18. The quantitative estimate of drug-likeness (QED) is 0.267. The van der Waals surface area contributed by atoms with Crippen LogP contribution in [0, 0.1) is 5.92 Å². The lowest BCUT2D eigenvalue weighted by molar-refractivity contribution is -0.143. The number of rotatable bonds is 10. The standard InChI is InChI=1S/C22H27ClN4O3S/c1-5-30-11-10-27(3)16-8-6-15(7-9-16)19-17(23)12-18-20(25-19)26-22(24-18)31-13-14(2)21(28)29-4/h6-9,12,14H,5,10-11,13H2,1-4H3,(H,24,25,26). The fraction of sp³-hybridized carbons (Fsp3) is 0.409. The van der Waals surface area contributed by atoms with Crippen LogP contribution in [0.4, 0.5) is 5.69 Å². The van der Waals surface area contributed by atoms with E-state index in [9.17, 15) is 4.79 Å². The van der Waals surface area contributed by atoms with Crippen molar-refractivity contribution in [2.24, 2.45) is 5.92 Å². The minimum absolute atomic E-state index is 0.222. The van der Waals surface area contributed by atoms with E-state index in [2.05, 4.69) is 19.9 Å². The summed E-state index contributed by atoms with van der Waals surface area (Å²) >= 11 is 7.97. The summed E-state index contributed by atoms with van der Waals surface area (Å²) in [7, 11) is 3.43. The number of halogens is 1. The van der Waals surface area contributed by atoms with Gasteiger partial charge in [-0.05, 0) is 25.1 Å². The zero-order valence-corrected chi connectivity index (χ0v) is 19.7. The summed E-state index contributed by atoms with van der Waals surface area (Å²) < 4.78 is 10.2. The number of nitrogens with zero attached hydrogens (tertiary/aromatic N) is 3. The van der Waals surface area contributed by atoms with Crippen molar-refractivity contribution in [3.63, 3.8) is 0 Å². The molecule has 0 saturated carbocycles. The second-order valence-electron chi connectivity index (χ2n) is 7.13. The number of ether oxygens (including phenoxy) is 2. The number of carbonyl (C=O) groups is 1. The molecule has 166 valence electrons. The predicted octanol–water partition coefficient (Wildman–Crippen LogP) is 4.65. The van der Waals surface area contributed by atoms with Crippen molar-refractivity contribution in [1.29, 1.82) is 0 Å². The molecule has 0 fully saturated rings. The van der Waals surface area contributed by atoms with Gasteiger partial charge in [0.15, 0.2) is 10.8 Å². The highest BCUT2D eigenvalue weighted by Gasteiger charge is 2.16. The molecule has 0 amide bonds. The number of pyridine rings is 1. The van der Waals surface area contributed by atoms with Gasteiger partial charge in [0.2, 0.25) is 0 Å². The van der Waals surface area contributed by atoms with Gasteiger partial charge in [-0.1, -0.05) is 42.4 Å². The van der Waals surface area contributed by atoms with Crippen LogP contribution in [0.2, 0.25) is 5.02 Å². The first-order chi connectivity index (χ1) is 14.9. The molecule has 2 aromatic heterocycles. The number of esters is 1. The molecule has 1 N–H and O–H groups in total. The van der Waals surface area contributed by atoms with Gasteiger partial charge < -0.3 is 19.4 Å². The van der Waals surface area contributed by atoms with Gasteiger partial charge in [-0.2, -0.15) is 0 Å². The summed E-state index contributed by atoms with van der Waals surface area (Å²) in [4.78, 5) is 26.1. The van der Waals surface area contributed by atoms with Gasteiger partial charge in [-0.3, -0.25) is 4.79 Å². The van der Waals surface area contributed by atoms with Crippen molar-refractivity contribution >= 4 is 46.2 Å². The van der Waals surface area contributed by atoms with Crippen molar-refractivity contribution in [2.75, 3.05) is 44.6 Å². The second-order valence-corrected chi connectivity index (χ2v) is 8.55. The number of thioether (sulfide) groups is 1. The number of benzene rings is 1. The van der Waals surface area contributed by atoms with Crippen molar-refractivity contribution in [1.82, 2.24) is 15.0 Å². The molecule has 1 unspecified atom stereocenters. The Labute approximate surface area is 191 Å². The van der Waals surface area contributed by atoms with Crippen LogP contribution in [0.25, 0.3) is 22.4 Å². The Kier molecular flexibility index (Phi) is 8.17. The van der Waals surface area contributed by atoms with Crippen LogP contribution in [-0.4, -0.2) is 60.6 Å². The Morgan fingerprint density at radius 3 is 2.71 bits per heavy atom. The SMILES string of the molecule is CCOCCN(C)c1ccc(-c2nc3nc(SCC(C)C(=O)OC)[nH]c3cc2Cl)cc1. The average molecular weight is 463 g/mol. The van der Waals surface area contributed by atoms with E-state index < -0.39 is 0 Å². The number of fused-ring (bicyclic) bond motifs is 1. The van der Waals surface area contributed by atoms with Crippen LogP contribution in [0.1, 0.15) is 13.8 Å². The van der Waals surface area contributed by atoms with Crippen molar-refractivity contribution in [3.8, 4) is 11.3 Å². The molecule has 0 spiro atoms. The number of aromatic amines is 1. The van der Waals surface area contributed by atoms with Gasteiger partial charge in [0, 0.05) is 37.2 Å². The zero-order valence-electron chi connectivity index (χ0n) is 18.1. The molecule has 0 aliphatic heterocycles. The minimum Gasteiger partial charge on any atom is -0.469 e. The Balaban J connectivity index is 1.75. The topological polar surface area (TPSA) is 80.3 Å². The number of H-pyrrole nitrogens is 1. The third-order valence-corrected chi connectivity index (χ3v) is 6.26. The molecule has 3 aromatic rings. The Morgan fingerprint density at radius 2 is 2.03 bits per heavy atom. The van der Waals surface area contributed by atoms with E-state index in [0.29, 0.717) is 33.9 Å². The third-order valence-electron chi connectivity index (χ3n) is 4.84. The Hall–Kier alpha value is -2.29. The number of likely N-dealkylation sites (N-methyl/N-ethyl adjacent to an activating group) is 1. The minimum atomic E-state index is -0.237. The molecule has 0 aliphatic rings. The van der Waals surface area contributed by atoms with Crippen molar-refractivity contribution in [2.45, 2.75) is 19.0 Å². The monoisotopic (exact) mass is 462 g/mol. The van der Waals surface area contributed by atoms with Crippen LogP contribution in [0.3, 0.4) is 0 Å². The highest BCUT2D eigenvalue weighted by atomic mass is 35.5. The summed E-state index contributed by atoms with van der Waals surface area (Å²) in [6, 6.07) is 9.94. The van der Waals surface area contributed by atoms with Gasteiger partial charge in [0.05, 0.1) is 35.9 Å². The molecular weight excluding hydrogens is 436 g/mol. The zero-order chi connectivity index (χ0) is 22.4. The molecular formula is C22H27ClN4O3S. The lowest BCUT2D eigenvalue weighted by Crippen LogP contribution is -2.22. The molecule has 0 saturated heterocycles. The van der Waals surface area contributed by atoms with E-state index in [1.807, 2.05) is 51.2 Å². The molecule has 9 heteroatoms. The maximum absolute atomic E-state index is 11.6. The predicted molar refractivity (Wildman–Crippen MR) is 126 cm³/mol. The normalized spacial score (nSPS) is 12.2. The number of carbonyl (C=O) groups excluding carboxylic acids is 1. The van der Waals surface area contributed by atoms with E-state index in [1.54, 1.807) is 0 Å². The summed E-state index contributed by atoms with van der Waals surface area (Å²) in [5.74, 6) is 0.102. The molecule has 0 aliphatic carbocycles. The molecule has 0 radical (unpaired) electrons. The number of methoxy groups -OCH3 is 1. The smallest absolute Gasteiger partial charge is 0.309 e. The van der Waals surface area contributed by atoms with Crippen LogP contribution in [0.15, 0.2) is 35.5 Å². The summed E-state index contributed by atoms with van der Waals surface area (Å²) in [5, 5.41) is 1.24. The van der Waals surface area contributed by atoms with E-state index in [4.69, 9.17) is 21.1 Å². The van der Waals surface area contributed by atoms with E-state index in [0.717, 1.165) is 29.9 Å². The third kappa shape index (κ3) is 5.90. The first-order valence-electron chi connectivity index (χ1n) is 10.1. The van der Waals surface area contributed by atoms with Gasteiger partial charge in [0.25, 0.3) is 0 Å².